The number of hydrogen-bond donors (Lipinski definition) is 1. The van der Waals surface area contributed by atoms with Gasteiger partial charge in [0.25, 0.3) is 0 Å². The number of rotatable bonds is 2. The normalized spacial score (nSPS) is 28.1. The van der Waals surface area contributed by atoms with Gasteiger partial charge in [-0.15, -0.1) is 0 Å². The molecule has 0 spiro atoms. The van der Waals surface area contributed by atoms with E-state index in [2.05, 4.69) is 16.0 Å². The van der Waals surface area contributed by atoms with Gasteiger partial charge in [-0.25, -0.2) is 4.98 Å². The lowest BCUT2D eigenvalue weighted by molar-refractivity contribution is 0.133. The van der Waals surface area contributed by atoms with E-state index >= 15 is 0 Å². The molecule has 1 aromatic carbocycles. The molecule has 4 nitrogen and oxygen atoms in total. The van der Waals surface area contributed by atoms with Gasteiger partial charge in [-0.2, -0.15) is 0 Å². The first-order valence-corrected chi connectivity index (χ1v) is 7.62. The molecule has 2 aromatic rings. The molecule has 0 radical (unpaired) electrons. The van der Waals surface area contributed by atoms with Crippen molar-refractivity contribution in [3.63, 3.8) is 0 Å². The van der Waals surface area contributed by atoms with E-state index < -0.39 is 0 Å². The lowest BCUT2D eigenvalue weighted by Crippen LogP contribution is -2.25. The van der Waals surface area contributed by atoms with E-state index in [4.69, 9.17) is 4.74 Å². The lowest BCUT2D eigenvalue weighted by atomic mass is 10.00. The number of aliphatic hydroxyl groups is 1. The molecule has 1 aliphatic heterocycles. The molecule has 21 heavy (non-hydrogen) atoms. The Hall–Kier alpha value is -1.81. The van der Waals surface area contributed by atoms with E-state index in [1.54, 1.807) is 7.11 Å². The first kappa shape index (κ1) is 12.9. The van der Waals surface area contributed by atoms with E-state index in [-0.39, 0.29) is 6.10 Å². The van der Waals surface area contributed by atoms with E-state index in [0.29, 0.717) is 11.8 Å². The number of nitrogens with zero attached hydrogens (tertiary/aromatic N) is 2. The van der Waals surface area contributed by atoms with Crippen LogP contribution in [0.15, 0.2) is 30.5 Å². The first-order valence-electron chi connectivity index (χ1n) is 7.62. The molecule has 2 heterocycles. The zero-order valence-electron chi connectivity index (χ0n) is 12.2. The van der Waals surface area contributed by atoms with E-state index in [1.165, 1.54) is 0 Å². The van der Waals surface area contributed by atoms with Gasteiger partial charge in [0.05, 0.1) is 13.2 Å². The molecule has 3 atom stereocenters. The Morgan fingerprint density at radius 1 is 1.19 bits per heavy atom. The van der Waals surface area contributed by atoms with Crippen LogP contribution < -0.4 is 9.64 Å². The highest BCUT2D eigenvalue weighted by atomic mass is 16.5. The van der Waals surface area contributed by atoms with Crippen molar-refractivity contribution >= 4 is 16.6 Å². The quantitative estimate of drug-likeness (QED) is 0.920. The average molecular weight is 284 g/mol. The summed E-state index contributed by atoms with van der Waals surface area (Å²) in [4.78, 5) is 6.94. The molecule has 1 aliphatic carbocycles. The van der Waals surface area contributed by atoms with Crippen LogP contribution >= 0.6 is 0 Å². The Kier molecular flexibility index (Phi) is 3.00. The Morgan fingerprint density at radius 2 is 2.10 bits per heavy atom. The minimum atomic E-state index is -0.135. The second kappa shape index (κ2) is 4.88. The number of aromatic nitrogens is 1. The van der Waals surface area contributed by atoms with Gasteiger partial charge in [0.1, 0.15) is 11.6 Å². The summed E-state index contributed by atoms with van der Waals surface area (Å²) in [5.74, 6) is 2.93. The average Bonchev–Trinajstić information content (AvgIpc) is 3.08. The molecular weight excluding hydrogens is 264 g/mol. The van der Waals surface area contributed by atoms with Crippen molar-refractivity contribution in [1.29, 1.82) is 0 Å². The number of hydrogen-bond acceptors (Lipinski definition) is 4. The number of fused-ring (bicyclic) bond motifs is 2. The molecule has 0 amide bonds. The van der Waals surface area contributed by atoms with Crippen molar-refractivity contribution in [2.45, 2.75) is 18.9 Å². The van der Waals surface area contributed by atoms with Crippen molar-refractivity contribution in [3.8, 4) is 5.75 Å². The third kappa shape index (κ3) is 1.97. The van der Waals surface area contributed by atoms with Crippen LogP contribution in [0, 0.1) is 11.8 Å². The summed E-state index contributed by atoms with van der Waals surface area (Å²) < 4.78 is 5.45. The van der Waals surface area contributed by atoms with Crippen LogP contribution in [0.3, 0.4) is 0 Å². The predicted molar refractivity (Wildman–Crippen MR) is 82.7 cm³/mol. The maximum absolute atomic E-state index is 10.1. The van der Waals surface area contributed by atoms with Crippen LogP contribution in [0.25, 0.3) is 10.8 Å². The summed E-state index contributed by atoms with van der Waals surface area (Å²) in [6.07, 6.45) is 3.81. The number of benzene rings is 1. The highest BCUT2D eigenvalue weighted by molar-refractivity contribution is 5.96. The van der Waals surface area contributed by atoms with Crippen LogP contribution in [0.1, 0.15) is 12.8 Å². The second-order valence-electron chi connectivity index (χ2n) is 6.16. The van der Waals surface area contributed by atoms with E-state index in [1.807, 2.05) is 24.4 Å². The molecule has 1 saturated heterocycles. The standard InChI is InChI=1S/C17H20N2O2/c1-21-16-4-2-3-13-12(16)7-8-18-17(13)19-9-11-5-6-15(20)14(11)10-19/h2-4,7-8,11,14-15,20H,5-6,9-10H2,1H3. The van der Waals surface area contributed by atoms with Gasteiger partial charge >= 0.3 is 0 Å². The van der Waals surface area contributed by atoms with Crippen LogP contribution in [0.5, 0.6) is 5.75 Å². The fourth-order valence-corrected chi connectivity index (χ4v) is 4.00. The summed E-state index contributed by atoms with van der Waals surface area (Å²) in [6, 6.07) is 8.10. The molecule has 2 fully saturated rings. The summed E-state index contributed by atoms with van der Waals surface area (Å²) in [5, 5.41) is 12.3. The lowest BCUT2D eigenvalue weighted by Gasteiger charge is -2.21. The topological polar surface area (TPSA) is 45.6 Å². The van der Waals surface area contributed by atoms with Crippen LogP contribution in [0.4, 0.5) is 5.82 Å². The van der Waals surface area contributed by atoms with Crippen molar-refractivity contribution in [1.82, 2.24) is 4.98 Å². The Morgan fingerprint density at radius 3 is 2.90 bits per heavy atom. The minimum Gasteiger partial charge on any atom is -0.496 e. The molecule has 2 aliphatic rings. The van der Waals surface area contributed by atoms with Crippen molar-refractivity contribution in [2.75, 3.05) is 25.1 Å². The highest BCUT2D eigenvalue weighted by Gasteiger charge is 2.42. The first-order chi connectivity index (χ1) is 10.3. The SMILES string of the molecule is COc1cccc2c(N3CC4CCC(O)C4C3)nccc12. The summed E-state index contributed by atoms with van der Waals surface area (Å²) >= 11 is 0. The molecule has 110 valence electrons. The van der Waals surface area contributed by atoms with Gasteiger partial charge in [0.2, 0.25) is 0 Å². The summed E-state index contributed by atoms with van der Waals surface area (Å²) in [5.41, 5.74) is 0. The zero-order valence-corrected chi connectivity index (χ0v) is 12.2. The van der Waals surface area contributed by atoms with Crippen LogP contribution in [-0.4, -0.2) is 36.4 Å². The van der Waals surface area contributed by atoms with Gasteiger partial charge in [0, 0.05) is 36.0 Å². The summed E-state index contributed by atoms with van der Waals surface area (Å²) in [6.45, 7) is 1.92. The van der Waals surface area contributed by atoms with Gasteiger partial charge in [-0.05, 0) is 30.9 Å². The number of aliphatic hydroxyl groups excluding tert-OH is 1. The largest absolute Gasteiger partial charge is 0.496 e. The van der Waals surface area contributed by atoms with E-state index in [9.17, 15) is 5.11 Å². The maximum atomic E-state index is 10.1. The highest BCUT2D eigenvalue weighted by Crippen LogP contribution is 2.41. The fourth-order valence-electron chi connectivity index (χ4n) is 4.00. The molecule has 1 N–H and O–H groups in total. The molecular formula is C17H20N2O2. The van der Waals surface area contributed by atoms with Gasteiger partial charge in [-0.1, -0.05) is 12.1 Å². The number of ether oxygens (including phenoxy) is 1. The Bertz CT molecular complexity index is 673. The fraction of sp³-hybridized carbons (Fsp3) is 0.471. The third-order valence-corrected chi connectivity index (χ3v) is 5.08. The van der Waals surface area contributed by atoms with E-state index in [0.717, 1.165) is 48.3 Å². The number of methoxy groups -OCH3 is 1. The molecule has 1 aromatic heterocycles. The zero-order chi connectivity index (χ0) is 14.4. The Balaban J connectivity index is 1.75. The van der Waals surface area contributed by atoms with Crippen molar-refractivity contribution < 1.29 is 9.84 Å². The second-order valence-corrected chi connectivity index (χ2v) is 6.16. The van der Waals surface area contributed by atoms with Crippen molar-refractivity contribution in [2.24, 2.45) is 11.8 Å². The molecule has 3 unspecified atom stereocenters. The molecule has 0 bridgehead atoms. The summed E-state index contributed by atoms with van der Waals surface area (Å²) in [7, 11) is 1.70. The number of anilines is 1. The Labute approximate surface area is 124 Å². The van der Waals surface area contributed by atoms with Crippen molar-refractivity contribution in [3.05, 3.63) is 30.5 Å². The molecule has 1 saturated carbocycles. The predicted octanol–water partition coefficient (Wildman–Crippen LogP) is 2.45. The van der Waals surface area contributed by atoms with Gasteiger partial charge < -0.3 is 14.7 Å². The molecule has 4 rings (SSSR count). The monoisotopic (exact) mass is 284 g/mol. The molecule has 4 heteroatoms. The number of pyridine rings is 1. The minimum absolute atomic E-state index is 0.135. The maximum Gasteiger partial charge on any atom is 0.136 e. The third-order valence-electron chi connectivity index (χ3n) is 5.08. The van der Waals surface area contributed by atoms with Gasteiger partial charge in [0.15, 0.2) is 0 Å². The smallest absolute Gasteiger partial charge is 0.136 e. The van der Waals surface area contributed by atoms with Crippen LogP contribution in [0.2, 0.25) is 0 Å². The van der Waals surface area contributed by atoms with Gasteiger partial charge in [-0.3, -0.25) is 0 Å². The van der Waals surface area contributed by atoms with Crippen LogP contribution in [-0.2, 0) is 0 Å².